The van der Waals surface area contributed by atoms with E-state index < -0.39 is 11.8 Å². The van der Waals surface area contributed by atoms with E-state index in [1.807, 2.05) is 0 Å². The van der Waals surface area contributed by atoms with Crippen LogP contribution >= 0.6 is 0 Å². The van der Waals surface area contributed by atoms with Gasteiger partial charge in [-0.05, 0) is 30.5 Å². The van der Waals surface area contributed by atoms with Gasteiger partial charge >= 0.3 is 0 Å². The van der Waals surface area contributed by atoms with Gasteiger partial charge in [-0.25, -0.2) is 13.2 Å². The molecule has 0 heterocycles. The Kier molecular flexibility index (Phi) is 3.22. The molecule has 0 unspecified atom stereocenters. The summed E-state index contributed by atoms with van der Waals surface area (Å²) in [4.78, 5) is 0. The van der Waals surface area contributed by atoms with E-state index in [1.54, 1.807) is 0 Å². The largest absolute Gasteiger partial charge is 0.248 e. The SMILES string of the molecule is Fc1ccc(C2(C(F)F)CCCCC2)cc1. The molecule has 3 heteroatoms. The summed E-state index contributed by atoms with van der Waals surface area (Å²) in [5, 5.41) is 0. The topological polar surface area (TPSA) is 0 Å². The third kappa shape index (κ3) is 1.95. The molecule has 1 saturated carbocycles. The zero-order chi connectivity index (χ0) is 11.6. The van der Waals surface area contributed by atoms with Gasteiger partial charge in [0.2, 0.25) is 6.43 Å². The fourth-order valence-corrected chi connectivity index (χ4v) is 2.60. The monoisotopic (exact) mass is 228 g/mol. The quantitative estimate of drug-likeness (QED) is 0.708. The van der Waals surface area contributed by atoms with Gasteiger partial charge in [0.15, 0.2) is 0 Å². The van der Waals surface area contributed by atoms with Crippen molar-refractivity contribution in [2.75, 3.05) is 0 Å². The number of halogens is 3. The number of rotatable bonds is 2. The normalized spacial score (nSPS) is 20.0. The van der Waals surface area contributed by atoms with Crippen LogP contribution < -0.4 is 0 Å². The van der Waals surface area contributed by atoms with Crippen molar-refractivity contribution in [1.82, 2.24) is 0 Å². The Morgan fingerprint density at radius 3 is 2.00 bits per heavy atom. The van der Waals surface area contributed by atoms with Gasteiger partial charge in [0.05, 0.1) is 5.41 Å². The van der Waals surface area contributed by atoms with Gasteiger partial charge in [0.1, 0.15) is 5.82 Å². The summed E-state index contributed by atoms with van der Waals surface area (Å²) in [6, 6.07) is 5.56. The summed E-state index contributed by atoms with van der Waals surface area (Å²) in [5.74, 6) is -0.371. The van der Waals surface area contributed by atoms with Gasteiger partial charge in [-0.2, -0.15) is 0 Å². The second kappa shape index (κ2) is 4.48. The Hall–Kier alpha value is -0.990. The predicted molar refractivity (Wildman–Crippen MR) is 57.2 cm³/mol. The first-order valence-corrected chi connectivity index (χ1v) is 5.69. The number of hydrogen-bond acceptors (Lipinski definition) is 0. The van der Waals surface area contributed by atoms with E-state index in [1.165, 1.54) is 24.3 Å². The van der Waals surface area contributed by atoms with Crippen molar-refractivity contribution in [3.63, 3.8) is 0 Å². The third-order valence-electron chi connectivity index (χ3n) is 3.58. The minimum Gasteiger partial charge on any atom is -0.210 e. The van der Waals surface area contributed by atoms with Crippen LogP contribution in [0, 0.1) is 5.82 Å². The molecular formula is C13H15F3. The third-order valence-corrected chi connectivity index (χ3v) is 3.58. The molecule has 0 saturated heterocycles. The van der Waals surface area contributed by atoms with Crippen LogP contribution in [0.2, 0.25) is 0 Å². The van der Waals surface area contributed by atoms with E-state index in [0.717, 1.165) is 19.3 Å². The zero-order valence-corrected chi connectivity index (χ0v) is 9.06. The van der Waals surface area contributed by atoms with Crippen LogP contribution in [-0.2, 0) is 5.41 Å². The maximum atomic E-state index is 13.3. The van der Waals surface area contributed by atoms with E-state index in [-0.39, 0.29) is 5.82 Å². The van der Waals surface area contributed by atoms with Crippen LogP contribution in [0.25, 0.3) is 0 Å². The molecule has 2 rings (SSSR count). The van der Waals surface area contributed by atoms with Crippen LogP contribution in [0.1, 0.15) is 37.7 Å². The average Bonchev–Trinajstić information content (AvgIpc) is 2.30. The maximum absolute atomic E-state index is 13.3. The first kappa shape index (κ1) is 11.5. The highest BCUT2D eigenvalue weighted by molar-refractivity contribution is 5.27. The lowest BCUT2D eigenvalue weighted by Gasteiger charge is -2.37. The lowest BCUT2D eigenvalue weighted by Crippen LogP contribution is -2.36. The van der Waals surface area contributed by atoms with Crippen LogP contribution in [0.3, 0.4) is 0 Å². The molecule has 16 heavy (non-hydrogen) atoms. The molecule has 1 aliphatic rings. The summed E-state index contributed by atoms with van der Waals surface area (Å²) in [7, 11) is 0. The molecule has 1 aromatic rings. The molecule has 0 nitrogen and oxygen atoms in total. The minimum atomic E-state index is -2.36. The first-order valence-electron chi connectivity index (χ1n) is 5.69. The molecule has 88 valence electrons. The van der Waals surface area contributed by atoms with Crippen molar-refractivity contribution >= 4 is 0 Å². The van der Waals surface area contributed by atoms with E-state index >= 15 is 0 Å². The van der Waals surface area contributed by atoms with E-state index in [4.69, 9.17) is 0 Å². The van der Waals surface area contributed by atoms with Crippen LogP contribution in [0.15, 0.2) is 24.3 Å². The fourth-order valence-electron chi connectivity index (χ4n) is 2.60. The van der Waals surface area contributed by atoms with Crippen LogP contribution in [0.4, 0.5) is 13.2 Å². The average molecular weight is 228 g/mol. The van der Waals surface area contributed by atoms with Crippen molar-refractivity contribution in [2.45, 2.75) is 43.9 Å². The van der Waals surface area contributed by atoms with Crippen LogP contribution in [-0.4, -0.2) is 6.43 Å². The van der Waals surface area contributed by atoms with E-state index in [2.05, 4.69) is 0 Å². The first-order chi connectivity index (χ1) is 7.65. The summed E-state index contributed by atoms with van der Waals surface area (Å²) in [6.07, 6.45) is 1.35. The second-order valence-electron chi connectivity index (χ2n) is 4.52. The van der Waals surface area contributed by atoms with Crippen molar-refractivity contribution in [3.8, 4) is 0 Å². The molecular weight excluding hydrogens is 213 g/mol. The number of benzene rings is 1. The Labute approximate surface area is 93.5 Å². The van der Waals surface area contributed by atoms with E-state index in [9.17, 15) is 13.2 Å². The van der Waals surface area contributed by atoms with Gasteiger partial charge in [0, 0.05) is 0 Å². The molecule has 0 radical (unpaired) electrons. The summed E-state index contributed by atoms with van der Waals surface area (Å²) < 4.78 is 39.3. The van der Waals surface area contributed by atoms with Gasteiger partial charge in [-0.15, -0.1) is 0 Å². The highest BCUT2D eigenvalue weighted by atomic mass is 19.3. The van der Waals surface area contributed by atoms with Crippen molar-refractivity contribution in [2.24, 2.45) is 0 Å². The van der Waals surface area contributed by atoms with Crippen molar-refractivity contribution < 1.29 is 13.2 Å². The highest BCUT2D eigenvalue weighted by Crippen LogP contribution is 2.43. The smallest absolute Gasteiger partial charge is 0.210 e. The van der Waals surface area contributed by atoms with Gasteiger partial charge < -0.3 is 0 Å². The molecule has 0 N–H and O–H groups in total. The lowest BCUT2D eigenvalue weighted by atomic mass is 9.69. The molecule has 0 spiro atoms. The summed E-state index contributed by atoms with van der Waals surface area (Å²) in [6.45, 7) is 0. The minimum absolute atomic E-state index is 0.371. The molecule has 1 aromatic carbocycles. The summed E-state index contributed by atoms with van der Waals surface area (Å²) >= 11 is 0. The predicted octanol–water partition coefficient (Wildman–Crippen LogP) is 4.29. The Morgan fingerprint density at radius 2 is 1.50 bits per heavy atom. The van der Waals surface area contributed by atoms with E-state index in [0.29, 0.717) is 18.4 Å². The standard InChI is InChI=1S/C13H15F3/c14-11-6-4-10(5-7-11)13(12(15)16)8-2-1-3-9-13/h4-7,12H,1-3,8-9H2. The highest BCUT2D eigenvalue weighted by Gasteiger charge is 2.42. The molecule has 0 amide bonds. The van der Waals surface area contributed by atoms with Crippen LogP contribution in [0.5, 0.6) is 0 Å². The molecule has 1 fully saturated rings. The molecule has 0 aromatic heterocycles. The molecule has 0 bridgehead atoms. The van der Waals surface area contributed by atoms with Crippen molar-refractivity contribution in [1.29, 1.82) is 0 Å². The van der Waals surface area contributed by atoms with Gasteiger partial charge in [-0.1, -0.05) is 31.4 Å². The maximum Gasteiger partial charge on any atom is 0.248 e. The molecule has 0 aliphatic heterocycles. The Morgan fingerprint density at radius 1 is 0.938 bits per heavy atom. The zero-order valence-electron chi connectivity index (χ0n) is 9.06. The lowest BCUT2D eigenvalue weighted by molar-refractivity contribution is 0.0254. The van der Waals surface area contributed by atoms with Gasteiger partial charge in [0.25, 0.3) is 0 Å². The number of alkyl halides is 2. The second-order valence-corrected chi connectivity index (χ2v) is 4.52. The van der Waals surface area contributed by atoms with Crippen molar-refractivity contribution in [3.05, 3.63) is 35.6 Å². The Balaban J connectivity index is 2.34. The van der Waals surface area contributed by atoms with Gasteiger partial charge in [-0.3, -0.25) is 0 Å². The molecule has 1 aliphatic carbocycles. The number of hydrogen-bond donors (Lipinski definition) is 0. The Bertz CT molecular complexity index is 337. The fraction of sp³-hybridized carbons (Fsp3) is 0.538. The summed E-state index contributed by atoms with van der Waals surface area (Å²) in [5.41, 5.74) is -0.449. The molecule has 0 atom stereocenters.